The number of benzene rings is 1. The summed E-state index contributed by atoms with van der Waals surface area (Å²) in [7, 11) is 2.79. The third-order valence-electron chi connectivity index (χ3n) is 2.12. The minimum absolute atomic E-state index is 0.0596. The van der Waals surface area contributed by atoms with Crippen LogP contribution in [0.15, 0.2) is 40.4 Å². The van der Waals surface area contributed by atoms with Gasteiger partial charge < -0.3 is 0 Å². The van der Waals surface area contributed by atoms with Crippen LogP contribution in [-0.2, 0) is 0 Å². The van der Waals surface area contributed by atoms with Crippen LogP contribution < -0.4 is 10.1 Å². The molecule has 0 aliphatic heterocycles. The Morgan fingerprint density at radius 3 is 1.89 bits per heavy atom. The lowest BCUT2D eigenvalue weighted by Crippen LogP contribution is -2.19. The summed E-state index contributed by atoms with van der Waals surface area (Å²) in [5, 5.41) is 20.7. The fourth-order valence-electron chi connectivity index (χ4n) is 1.26. The van der Waals surface area contributed by atoms with Crippen molar-refractivity contribution in [3.8, 4) is 0 Å². The molecule has 1 aromatic heterocycles. The number of hydrogen-bond acceptors (Lipinski definition) is 8. The van der Waals surface area contributed by atoms with E-state index in [2.05, 4.69) is 15.0 Å². The molecule has 0 amide bonds. The second kappa shape index (κ2) is 5.83. The second-order valence-corrected chi connectivity index (χ2v) is 4.72. The zero-order valence-corrected chi connectivity index (χ0v) is 11.2. The second-order valence-electron chi connectivity index (χ2n) is 3.68. The van der Waals surface area contributed by atoms with E-state index in [1.807, 2.05) is 30.3 Å². The zero-order chi connectivity index (χ0) is 13.8. The van der Waals surface area contributed by atoms with Gasteiger partial charge >= 0.3 is 0 Å². The van der Waals surface area contributed by atoms with Crippen LogP contribution in [0.4, 0.5) is 11.9 Å². The molecule has 100 valence electrons. The molecule has 0 spiro atoms. The largest absolute Gasteiger partial charge is 0.286 e. The van der Waals surface area contributed by atoms with Crippen molar-refractivity contribution in [2.75, 3.05) is 24.2 Å². The fraction of sp³-hybridized carbons (Fsp3) is 0.182. The highest BCUT2D eigenvalue weighted by Gasteiger charge is 2.12. The number of hydrogen-bond donors (Lipinski definition) is 2. The van der Waals surface area contributed by atoms with Gasteiger partial charge in [0, 0.05) is 19.0 Å². The lowest BCUT2D eigenvalue weighted by Gasteiger charge is -2.13. The molecule has 1 aromatic carbocycles. The van der Waals surface area contributed by atoms with Gasteiger partial charge in [-0.1, -0.05) is 18.2 Å². The first-order valence-electron chi connectivity index (χ1n) is 5.40. The molecule has 0 saturated carbocycles. The molecule has 0 bridgehead atoms. The van der Waals surface area contributed by atoms with Crippen molar-refractivity contribution in [1.29, 1.82) is 0 Å². The summed E-state index contributed by atoms with van der Waals surface area (Å²) >= 11 is 1.31. The van der Waals surface area contributed by atoms with E-state index in [0.717, 1.165) is 15.0 Å². The smallest absolute Gasteiger partial charge is 0.255 e. The van der Waals surface area contributed by atoms with Crippen LogP contribution in [0.2, 0.25) is 0 Å². The maximum atomic E-state index is 9.39. The normalized spacial score (nSPS) is 10.3. The lowest BCUT2D eigenvalue weighted by atomic mass is 10.4. The monoisotopic (exact) mass is 279 g/mol. The van der Waals surface area contributed by atoms with E-state index in [4.69, 9.17) is 0 Å². The van der Waals surface area contributed by atoms with Gasteiger partial charge in [0.05, 0.1) is 0 Å². The molecule has 0 unspecified atom stereocenters. The molecule has 8 heteroatoms. The quantitative estimate of drug-likeness (QED) is 0.817. The van der Waals surface area contributed by atoms with Crippen LogP contribution in [-0.4, -0.2) is 39.5 Å². The highest BCUT2D eigenvalue weighted by molar-refractivity contribution is 7.99. The third-order valence-corrected chi connectivity index (χ3v) is 3.00. The number of rotatable bonds is 4. The minimum atomic E-state index is 0.0596. The molecule has 1 heterocycles. The molecule has 0 radical (unpaired) electrons. The van der Waals surface area contributed by atoms with Gasteiger partial charge in [0.1, 0.15) is 0 Å². The number of anilines is 2. The highest BCUT2D eigenvalue weighted by Crippen LogP contribution is 2.26. The number of nitrogens with zero attached hydrogens (tertiary/aromatic N) is 5. The molecular formula is C11H13N5O2S. The first-order chi connectivity index (χ1) is 9.06. The van der Waals surface area contributed by atoms with E-state index >= 15 is 0 Å². The van der Waals surface area contributed by atoms with Crippen molar-refractivity contribution < 1.29 is 10.4 Å². The van der Waals surface area contributed by atoms with Crippen molar-refractivity contribution in [2.24, 2.45) is 0 Å². The Labute approximate surface area is 114 Å². The van der Waals surface area contributed by atoms with Gasteiger partial charge in [-0.2, -0.15) is 15.0 Å². The van der Waals surface area contributed by atoms with Crippen molar-refractivity contribution in [3.63, 3.8) is 0 Å². The molecule has 19 heavy (non-hydrogen) atoms. The molecule has 0 saturated heterocycles. The van der Waals surface area contributed by atoms with E-state index in [9.17, 15) is 10.4 Å². The Bertz CT molecular complexity index is 524. The van der Waals surface area contributed by atoms with Gasteiger partial charge in [-0.3, -0.25) is 10.4 Å². The Hall–Kier alpha value is -1.90. The van der Waals surface area contributed by atoms with Gasteiger partial charge in [0.2, 0.25) is 0 Å². The van der Waals surface area contributed by atoms with Gasteiger partial charge in [0.15, 0.2) is 5.16 Å². The molecule has 0 aliphatic rings. The summed E-state index contributed by atoms with van der Waals surface area (Å²) in [6.07, 6.45) is 0. The molecule has 2 rings (SSSR count). The lowest BCUT2D eigenvalue weighted by molar-refractivity contribution is 0.262. The van der Waals surface area contributed by atoms with Gasteiger partial charge in [-0.25, -0.2) is 10.1 Å². The predicted molar refractivity (Wildman–Crippen MR) is 70.8 cm³/mol. The van der Waals surface area contributed by atoms with Crippen molar-refractivity contribution in [1.82, 2.24) is 15.0 Å². The Morgan fingerprint density at radius 1 is 0.895 bits per heavy atom. The van der Waals surface area contributed by atoms with Gasteiger partial charge in [-0.05, 0) is 23.9 Å². The van der Waals surface area contributed by atoms with Crippen LogP contribution in [0.3, 0.4) is 0 Å². The zero-order valence-electron chi connectivity index (χ0n) is 10.4. The van der Waals surface area contributed by atoms with Crippen LogP contribution in [0.25, 0.3) is 0 Å². The molecule has 7 nitrogen and oxygen atoms in total. The summed E-state index contributed by atoms with van der Waals surface area (Å²) in [6.45, 7) is 0. The maximum absolute atomic E-state index is 9.39. The number of hydroxylamine groups is 2. The molecule has 0 aliphatic carbocycles. The third kappa shape index (κ3) is 3.53. The first-order valence-corrected chi connectivity index (χ1v) is 6.22. The van der Waals surface area contributed by atoms with Crippen LogP contribution >= 0.6 is 11.8 Å². The first kappa shape index (κ1) is 13.5. The van der Waals surface area contributed by atoms with E-state index in [-0.39, 0.29) is 11.9 Å². The summed E-state index contributed by atoms with van der Waals surface area (Å²) in [6, 6.07) is 9.55. The Morgan fingerprint density at radius 2 is 1.42 bits per heavy atom. The number of aromatic nitrogens is 3. The molecule has 0 fully saturated rings. The van der Waals surface area contributed by atoms with E-state index in [1.54, 1.807) is 0 Å². The highest BCUT2D eigenvalue weighted by atomic mass is 32.2. The van der Waals surface area contributed by atoms with E-state index in [0.29, 0.717) is 5.16 Å². The summed E-state index contributed by atoms with van der Waals surface area (Å²) in [4.78, 5) is 13.0. The Kier molecular flexibility index (Phi) is 4.15. The average molecular weight is 279 g/mol. The predicted octanol–water partition coefficient (Wildman–Crippen LogP) is 1.67. The standard InChI is InChI=1S/C11H13N5O2S/c1-15(17)9-12-10(16(2)18)14-11(13-9)19-8-6-4-3-5-7-8/h3-7,17-18H,1-2H3. The van der Waals surface area contributed by atoms with Gasteiger partial charge in [-0.15, -0.1) is 0 Å². The van der Waals surface area contributed by atoms with Gasteiger partial charge in [0.25, 0.3) is 11.9 Å². The van der Waals surface area contributed by atoms with Crippen LogP contribution in [0, 0.1) is 0 Å². The SMILES string of the molecule is CN(O)c1nc(Sc2ccccc2)nc(N(C)O)n1. The molecule has 2 aromatic rings. The molecule has 2 N–H and O–H groups in total. The Balaban J connectivity index is 2.34. The summed E-state index contributed by atoms with van der Waals surface area (Å²) < 4.78 is 0. The van der Waals surface area contributed by atoms with E-state index < -0.39 is 0 Å². The minimum Gasteiger partial charge on any atom is -0.286 e. The summed E-state index contributed by atoms with van der Waals surface area (Å²) in [5.74, 6) is 0.119. The van der Waals surface area contributed by atoms with Crippen LogP contribution in [0.1, 0.15) is 0 Å². The van der Waals surface area contributed by atoms with Crippen molar-refractivity contribution >= 4 is 23.7 Å². The molecular weight excluding hydrogens is 266 g/mol. The average Bonchev–Trinajstić information content (AvgIpc) is 2.39. The maximum Gasteiger partial charge on any atom is 0.255 e. The van der Waals surface area contributed by atoms with Crippen LogP contribution in [0.5, 0.6) is 0 Å². The fourth-order valence-corrected chi connectivity index (χ4v) is 2.02. The van der Waals surface area contributed by atoms with E-state index in [1.165, 1.54) is 25.9 Å². The topological polar surface area (TPSA) is 85.6 Å². The van der Waals surface area contributed by atoms with Crippen molar-refractivity contribution in [2.45, 2.75) is 10.1 Å². The van der Waals surface area contributed by atoms with Crippen molar-refractivity contribution in [3.05, 3.63) is 30.3 Å². The summed E-state index contributed by atoms with van der Waals surface area (Å²) in [5.41, 5.74) is 0. The molecule has 0 atom stereocenters.